The van der Waals surface area contributed by atoms with E-state index in [0.29, 0.717) is 0 Å². The first-order valence-electron chi connectivity index (χ1n) is 2.72. The van der Waals surface area contributed by atoms with Crippen LogP contribution < -0.4 is 0 Å². The van der Waals surface area contributed by atoms with Gasteiger partial charge in [-0.15, -0.1) is 0 Å². The van der Waals surface area contributed by atoms with Gasteiger partial charge in [-0.2, -0.15) is 0 Å². The first-order chi connectivity index (χ1) is 3.68. The van der Waals surface area contributed by atoms with Crippen molar-refractivity contribution in [1.29, 1.82) is 0 Å². The van der Waals surface area contributed by atoms with E-state index < -0.39 is 0 Å². The minimum atomic E-state index is -0.310. The van der Waals surface area contributed by atoms with Crippen LogP contribution in [-0.4, -0.2) is 18.3 Å². The molecule has 0 aliphatic heterocycles. The molecule has 0 aromatic carbocycles. The molecule has 0 spiro atoms. The van der Waals surface area contributed by atoms with Crippen molar-refractivity contribution in [2.45, 2.75) is 20.0 Å². The van der Waals surface area contributed by atoms with Gasteiger partial charge in [0, 0.05) is 13.0 Å². The molecular weight excluding hydrogens is 104 g/mol. The van der Waals surface area contributed by atoms with Crippen molar-refractivity contribution < 1.29 is 9.84 Å². The SMILES string of the molecule is CO[CH]C(C)C(C)O. The molecule has 2 atom stereocenters. The molecule has 2 unspecified atom stereocenters. The third-order valence-corrected chi connectivity index (χ3v) is 1.11. The standard InChI is InChI=1S/C6H13O2/c1-5(4-8-3)6(2)7/h4-7H,1-3H3. The Morgan fingerprint density at radius 3 is 2.12 bits per heavy atom. The number of hydrogen-bond acceptors (Lipinski definition) is 2. The van der Waals surface area contributed by atoms with Gasteiger partial charge in [-0.05, 0) is 6.92 Å². The highest BCUT2D eigenvalue weighted by atomic mass is 16.5. The summed E-state index contributed by atoms with van der Waals surface area (Å²) in [5.74, 6) is 0.125. The maximum Gasteiger partial charge on any atom is 0.0886 e. The second-order valence-corrected chi connectivity index (χ2v) is 1.97. The largest absolute Gasteiger partial charge is 0.393 e. The quantitative estimate of drug-likeness (QED) is 0.592. The van der Waals surface area contributed by atoms with Crippen LogP contribution in [0.25, 0.3) is 0 Å². The highest BCUT2D eigenvalue weighted by Gasteiger charge is 2.06. The lowest BCUT2D eigenvalue weighted by Gasteiger charge is -2.10. The minimum absolute atomic E-state index is 0.125. The summed E-state index contributed by atoms with van der Waals surface area (Å²) in [6.45, 7) is 5.25. The lowest BCUT2D eigenvalue weighted by Crippen LogP contribution is -2.13. The van der Waals surface area contributed by atoms with Gasteiger partial charge >= 0.3 is 0 Å². The van der Waals surface area contributed by atoms with Crippen LogP contribution in [-0.2, 0) is 4.74 Å². The molecule has 1 radical (unpaired) electrons. The second-order valence-electron chi connectivity index (χ2n) is 1.97. The van der Waals surface area contributed by atoms with Crippen LogP contribution in [0.3, 0.4) is 0 Å². The molecule has 0 saturated heterocycles. The van der Waals surface area contributed by atoms with Crippen LogP contribution in [0.4, 0.5) is 0 Å². The average molecular weight is 117 g/mol. The van der Waals surface area contributed by atoms with Gasteiger partial charge in [-0.3, -0.25) is 0 Å². The molecule has 49 valence electrons. The van der Waals surface area contributed by atoms with Crippen molar-refractivity contribution in [2.75, 3.05) is 7.11 Å². The van der Waals surface area contributed by atoms with E-state index in [0.717, 1.165) is 0 Å². The monoisotopic (exact) mass is 117 g/mol. The summed E-state index contributed by atoms with van der Waals surface area (Å²) in [5, 5.41) is 8.84. The van der Waals surface area contributed by atoms with Gasteiger partial charge in [0.1, 0.15) is 0 Å². The molecule has 0 aliphatic carbocycles. The summed E-state index contributed by atoms with van der Waals surface area (Å²) in [4.78, 5) is 0. The fraction of sp³-hybridized carbons (Fsp3) is 0.833. The van der Waals surface area contributed by atoms with Crippen LogP contribution in [0.15, 0.2) is 0 Å². The molecule has 0 fully saturated rings. The van der Waals surface area contributed by atoms with Crippen molar-refractivity contribution in [3.8, 4) is 0 Å². The Hall–Kier alpha value is -0.0800. The number of hydrogen-bond donors (Lipinski definition) is 1. The predicted octanol–water partition coefficient (Wildman–Crippen LogP) is 0.811. The molecule has 0 aliphatic rings. The number of aliphatic hydroxyl groups excluding tert-OH is 1. The molecule has 0 aromatic heterocycles. The Morgan fingerprint density at radius 2 is 2.00 bits per heavy atom. The molecule has 2 nitrogen and oxygen atoms in total. The molecule has 0 aromatic rings. The Balaban J connectivity index is 3.17. The second kappa shape index (κ2) is 3.87. The van der Waals surface area contributed by atoms with E-state index in [2.05, 4.69) is 4.74 Å². The van der Waals surface area contributed by atoms with Gasteiger partial charge in [0.25, 0.3) is 0 Å². The molecule has 0 rings (SSSR count). The third kappa shape index (κ3) is 2.99. The third-order valence-electron chi connectivity index (χ3n) is 1.11. The fourth-order valence-corrected chi connectivity index (χ4v) is 0.328. The van der Waals surface area contributed by atoms with Gasteiger partial charge in [0.05, 0.1) is 12.7 Å². The van der Waals surface area contributed by atoms with E-state index in [-0.39, 0.29) is 12.0 Å². The van der Waals surface area contributed by atoms with Crippen molar-refractivity contribution in [1.82, 2.24) is 0 Å². The average Bonchev–Trinajstić information content (AvgIpc) is 1.67. The summed E-state index contributed by atoms with van der Waals surface area (Å²) < 4.78 is 4.68. The minimum Gasteiger partial charge on any atom is -0.393 e. The van der Waals surface area contributed by atoms with E-state index in [1.54, 1.807) is 20.6 Å². The van der Waals surface area contributed by atoms with Crippen molar-refractivity contribution in [2.24, 2.45) is 5.92 Å². The van der Waals surface area contributed by atoms with E-state index >= 15 is 0 Å². The van der Waals surface area contributed by atoms with E-state index in [1.807, 2.05) is 6.92 Å². The molecule has 0 heterocycles. The van der Waals surface area contributed by atoms with E-state index in [1.165, 1.54) is 0 Å². The highest BCUT2D eigenvalue weighted by Crippen LogP contribution is 2.04. The molecule has 0 bridgehead atoms. The van der Waals surface area contributed by atoms with Gasteiger partial charge in [-0.25, -0.2) is 0 Å². The van der Waals surface area contributed by atoms with Crippen LogP contribution in [0.1, 0.15) is 13.8 Å². The summed E-state index contributed by atoms with van der Waals surface area (Å²) in [7, 11) is 1.58. The highest BCUT2D eigenvalue weighted by molar-refractivity contribution is 4.66. The normalized spacial score (nSPS) is 18.0. The van der Waals surface area contributed by atoms with Crippen molar-refractivity contribution in [3.05, 3.63) is 6.61 Å². The van der Waals surface area contributed by atoms with Gasteiger partial charge in [0.15, 0.2) is 0 Å². The van der Waals surface area contributed by atoms with Crippen molar-refractivity contribution >= 4 is 0 Å². The Morgan fingerprint density at radius 1 is 1.50 bits per heavy atom. The van der Waals surface area contributed by atoms with Crippen LogP contribution in [0, 0.1) is 12.5 Å². The lowest BCUT2D eigenvalue weighted by molar-refractivity contribution is 0.107. The number of aliphatic hydroxyl groups is 1. The predicted molar refractivity (Wildman–Crippen MR) is 32.2 cm³/mol. The lowest BCUT2D eigenvalue weighted by atomic mass is 10.1. The molecule has 8 heavy (non-hydrogen) atoms. The maximum atomic E-state index is 8.84. The Bertz CT molecular complexity index is 52.5. The number of rotatable bonds is 3. The topological polar surface area (TPSA) is 29.5 Å². The first-order valence-corrected chi connectivity index (χ1v) is 2.72. The molecular formula is C6H13O2. The molecule has 0 amide bonds. The Kier molecular flexibility index (Phi) is 3.83. The summed E-state index contributed by atoms with van der Waals surface area (Å²) in [6.07, 6.45) is -0.310. The fourth-order valence-electron chi connectivity index (χ4n) is 0.328. The first kappa shape index (κ1) is 7.92. The van der Waals surface area contributed by atoms with E-state index in [4.69, 9.17) is 5.11 Å². The zero-order valence-corrected chi connectivity index (χ0v) is 5.59. The smallest absolute Gasteiger partial charge is 0.0886 e. The van der Waals surface area contributed by atoms with Gasteiger partial charge < -0.3 is 9.84 Å². The van der Waals surface area contributed by atoms with Gasteiger partial charge in [-0.1, -0.05) is 6.92 Å². The van der Waals surface area contributed by atoms with Crippen molar-refractivity contribution in [3.63, 3.8) is 0 Å². The molecule has 0 saturated carbocycles. The zero-order chi connectivity index (χ0) is 6.57. The van der Waals surface area contributed by atoms with Crippen LogP contribution >= 0.6 is 0 Å². The van der Waals surface area contributed by atoms with Crippen LogP contribution in [0.5, 0.6) is 0 Å². The maximum absolute atomic E-state index is 8.84. The zero-order valence-electron chi connectivity index (χ0n) is 5.59. The summed E-state index contributed by atoms with van der Waals surface area (Å²) >= 11 is 0. The molecule has 1 N–H and O–H groups in total. The summed E-state index contributed by atoms with van der Waals surface area (Å²) in [5.41, 5.74) is 0. The number of ether oxygens (including phenoxy) is 1. The summed E-state index contributed by atoms with van der Waals surface area (Å²) in [6, 6.07) is 0. The number of methoxy groups -OCH3 is 1. The van der Waals surface area contributed by atoms with E-state index in [9.17, 15) is 0 Å². The van der Waals surface area contributed by atoms with Crippen LogP contribution in [0.2, 0.25) is 0 Å². The Labute approximate surface area is 50.5 Å². The molecule has 2 heteroatoms. The van der Waals surface area contributed by atoms with Gasteiger partial charge in [0.2, 0.25) is 0 Å².